The van der Waals surface area contributed by atoms with Gasteiger partial charge in [0, 0.05) is 12.3 Å². The Morgan fingerprint density at radius 3 is 2.16 bits per heavy atom. The zero-order chi connectivity index (χ0) is 14.5. The molecule has 110 valence electrons. The number of primary amides is 1. The summed E-state index contributed by atoms with van der Waals surface area (Å²) in [4.78, 5) is 21.6. The number of allylic oxidation sites excluding steroid dienone is 1. The highest BCUT2D eigenvalue weighted by atomic mass is 16.4. The van der Waals surface area contributed by atoms with E-state index in [1.807, 2.05) is 6.08 Å². The Morgan fingerprint density at radius 2 is 1.63 bits per heavy atom. The fraction of sp³-hybridized carbons (Fsp3) is 0.733. The van der Waals surface area contributed by atoms with Gasteiger partial charge in [0.1, 0.15) is 0 Å². The summed E-state index contributed by atoms with van der Waals surface area (Å²) in [5.74, 6) is -1.52. The van der Waals surface area contributed by atoms with E-state index in [1.54, 1.807) is 0 Å². The summed E-state index contributed by atoms with van der Waals surface area (Å²) in [6.45, 7) is 3.69. The molecule has 0 spiro atoms. The van der Waals surface area contributed by atoms with Crippen molar-refractivity contribution < 1.29 is 14.7 Å². The number of carboxylic acids is 1. The van der Waals surface area contributed by atoms with Gasteiger partial charge in [-0.1, -0.05) is 38.2 Å². The maximum absolute atomic E-state index is 11.2. The van der Waals surface area contributed by atoms with Crippen molar-refractivity contribution in [2.45, 2.75) is 64.2 Å². The van der Waals surface area contributed by atoms with Crippen molar-refractivity contribution >= 4 is 11.9 Å². The van der Waals surface area contributed by atoms with Crippen LogP contribution >= 0.6 is 0 Å². The summed E-state index contributed by atoms with van der Waals surface area (Å²) in [5.41, 5.74) is 5.28. The molecule has 0 aromatic carbocycles. The second-order valence-electron chi connectivity index (χ2n) is 5.02. The van der Waals surface area contributed by atoms with Gasteiger partial charge in [0.05, 0.1) is 0 Å². The van der Waals surface area contributed by atoms with E-state index >= 15 is 0 Å². The van der Waals surface area contributed by atoms with E-state index in [0.717, 1.165) is 25.7 Å². The lowest BCUT2D eigenvalue weighted by Gasteiger charge is -2.11. The molecule has 1 unspecified atom stereocenters. The van der Waals surface area contributed by atoms with Crippen LogP contribution < -0.4 is 5.73 Å². The Balaban J connectivity index is 3.56. The molecule has 0 heterocycles. The minimum atomic E-state index is -0.867. The number of rotatable bonds is 13. The summed E-state index contributed by atoms with van der Waals surface area (Å²) in [6.07, 6.45) is 11.0. The molecule has 1 atom stereocenters. The maximum Gasteiger partial charge on any atom is 0.303 e. The lowest BCUT2D eigenvalue weighted by molar-refractivity contribution is -0.137. The van der Waals surface area contributed by atoms with E-state index in [0.29, 0.717) is 6.42 Å². The number of carbonyl (C=O) groups is 2. The van der Waals surface area contributed by atoms with Gasteiger partial charge in [-0.25, -0.2) is 0 Å². The Labute approximate surface area is 116 Å². The highest BCUT2D eigenvalue weighted by Gasteiger charge is 2.16. The van der Waals surface area contributed by atoms with E-state index in [-0.39, 0.29) is 18.2 Å². The van der Waals surface area contributed by atoms with Gasteiger partial charge >= 0.3 is 5.97 Å². The van der Waals surface area contributed by atoms with Crippen LogP contribution in [0.15, 0.2) is 12.7 Å². The average molecular weight is 269 g/mol. The molecule has 0 fully saturated rings. The van der Waals surface area contributed by atoms with Crippen molar-refractivity contribution in [3.8, 4) is 0 Å². The third-order valence-corrected chi connectivity index (χ3v) is 3.32. The van der Waals surface area contributed by atoms with E-state index in [9.17, 15) is 9.59 Å². The van der Waals surface area contributed by atoms with Crippen molar-refractivity contribution in [1.29, 1.82) is 0 Å². The minimum absolute atomic E-state index is 0.0230. The normalized spacial score (nSPS) is 12.0. The van der Waals surface area contributed by atoms with Gasteiger partial charge in [0.15, 0.2) is 0 Å². The Hall–Kier alpha value is -1.32. The summed E-state index contributed by atoms with van der Waals surface area (Å²) in [6, 6.07) is 0. The van der Waals surface area contributed by atoms with E-state index in [2.05, 4.69) is 6.58 Å². The van der Waals surface area contributed by atoms with Gasteiger partial charge in [0.2, 0.25) is 5.91 Å². The summed E-state index contributed by atoms with van der Waals surface area (Å²) in [5, 5.41) is 8.60. The molecular formula is C15H27NO3. The monoisotopic (exact) mass is 269 g/mol. The lowest BCUT2D eigenvalue weighted by atomic mass is 9.95. The van der Waals surface area contributed by atoms with Crippen LogP contribution in [-0.2, 0) is 9.59 Å². The number of carbonyl (C=O) groups excluding carboxylic acids is 1. The number of hydrogen-bond donors (Lipinski definition) is 2. The zero-order valence-corrected chi connectivity index (χ0v) is 11.8. The quantitative estimate of drug-likeness (QED) is 0.398. The number of carboxylic acid groups (broad SMARTS) is 1. The topological polar surface area (TPSA) is 80.4 Å². The zero-order valence-electron chi connectivity index (χ0n) is 11.8. The van der Waals surface area contributed by atoms with Gasteiger partial charge in [0.25, 0.3) is 0 Å². The van der Waals surface area contributed by atoms with Crippen LogP contribution in [0.25, 0.3) is 0 Å². The molecule has 0 radical (unpaired) electrons. The standard InChI is InChI=1S/C15H27NO3/c1-2-3-4-5-6-7-8-9-10-13(15(16)19)11-12-14(17)18/h2,13H,1,3-12H2,(H2,16,19)(H,17,18). The van der Waals surface area contributed by atoms with Crippen LogP contribution in [0, 0.1) is 5.92 Å². The predicted molar refractivity (Wildman–Crippen MR) is 76.7 cm³/mol. The molecular weight excluding hydrogens is 242 g/mol. The van der Waals surface area contributed by atoms with Gasteiger partial charge in [-0.3, -0.25) is 9.59 Å². The molecule has 1 amide bonds. The smallest absolute Gasteiger partial charge is 0.303 e. The van der Waals surface area contributed by atoms with E-state index < -0.39 is 5.97 Å². The van der Waals surface area contributed by atoms with Crippen LogP contribution in [0.3, 0.4) is 0 Å². The predicted octanol–water partition coefficient (Wildman–Crippen LogP) is 3.26. The second kappa shape index (κ2) is 11.8. The molecule has 19 heavy (non-hydrogen) atoms. The van der Waals surface area contributed by atoms with Crippen LogP contribution in [0.5, 0.6) is 0 Å². The van der Waals surface area contributed by atoms with Gasteiger partial charge in [-0.15, -0.1) is 6.58 Å². The minimum Gasteiger partial charge on any atom is -0.481 e. The van der Waals surface area contributed by atoms with Crippen LogP contribution in [-0.4, -0.2) is 17.0 Å². The number of hydrogen-bond acceptors (Lipinski definition) is 2. The van der Waals surface area contributed by atoms with E-state index in [4.69, 9.17) is 10.8 Å². The first-order valence-corrected chi connectivity index (χ1v) is 7.20. The van der Waals surface area contributed by atoms with Crippen molar-refractivity contribution in [3.63, 3.8) is 0 Å². The second-order valence-corrected chi connectivity index (χ2v) is 5.02. The molecule has 0 bridgehead atoms. The van der Waals surface area contributed by atoms with Crippen LogP contribution in [0.4, 0.5) is 0 Å². The Morgan fingerprint density at radius 1 is 1.05 bits per heavy atom. The maximum atomic E-state index is 11.2. The molecule has 0 rings (SSSR count). The first-order chi connectivity index (χ1) is 9.07. The largest absolute Gasteiger partial charge is 0.481 e. The summed E-state index contributed by atoms with van der Waals surface area (Å²) < 4.78 is 0. The Bertz CT molecular complexity index is 277. The van der Waals surface area contributed by atoms with Crippen molar-refractivity contribution in [1.82, 2.24) is 0 Å². The number of unbranched alkanes of at least 4 members (excludes halogenated alkanes) is 6. The molecule has 0 aromatic heterocycles. The number of amides is 1. The lowest BCUT2D eigenvalue weighted by Crippen LogP contribution is -2.24. The molecule has 3 N–H and O–H groups in total. The third-order valence-electron chi connectivity index (χ3n) is 3.32. The summed E-state index contributed by atoms with van der Waals surface area (Å²) >= 11 is 0. The summed E-state index contributed by atoms with van der Waals surface area (Å²) in [7, 11) is 0. The van der Waals surface area contributed by atoms with Crippen molar-refractivity contribution in [2.75, 3.05) is 0 Å². The molecule has 0 aliphatic carbocycles. The Kier molecular flexibility index (Phi) is 10.9. The molecule has 4 heteroatoms. The van der Waals surface area contributed by atoms with Crippen molar-refractivity contribution in [3.05, 3.63) is 12.7 Å². The molecule has 0 aliphatic heterocycles. The molecule has 0 saturated carbocycles. The van der Waals surface area contributed by atoms with E-state index in [1.165, 1.54) is 25.7 Å². The molecule has 4 nitrogen and oxygen atoms in total. The molecule has 0 saturated heterocycles. The molecule has 0 aliphatic rings. The fourth-order valence-electron chi connectivity index (χ4n) is 2.11. The first kappa shape index (κ1) is 17.7. The average Bonchev–Trinajstić information content (AvgIpc) is 2.35. The third kappa shape index (κ3) is 11.5. The van der Waals surface area contributed by atoms with Crippen molar-refractivity contribution in [2.24, 2.45) is 11.7 Å². The SMILES string of the molecule is C=CCCCCCCCCC(CCC(=O)O)C(N)=O. The number of nitrogens with two attached hydrogens (primary N) is 1. The van der Waals surface area contributed by atoms with Gasteiger partial charge in [-0.2, -0.15) is 0 Å². The number of aliphatic carboxylic acids is 1. The molecule has 0 aromatic rings. The fourth-order valence-corrected chi connectivity index (χ4v) is 2.11. The van der Waals surface area contributed by atoms with Gasteiger partial charge in [-0.05, 0) is 25.7 Å². The first-order valence-electron chi connectivity index (χ1n) is 7.20. The van der Waals surface area contributed by atoms with Gasteiger partial charge < -0.3 is 10.8 Å². The van der Waals surface area contributed by atoms with Crippen LogP contribution in [0.1, 0.15) is 64.2 Å². The highest BCUT2D eigenvalue weighted by molar-refractivity contribution is 5.77. The van der Waals surface area contributed by atoms with Crippen LogP contribution in [0.2, 0.25) is 0 Å². The highest BCUT2D eigenvalue weighted by Crippen LogP contribution is 2.16.